The fourth-order valence-electron chi connectivity index (χ4n) is 1.94. The van der Waals surface area contributed by atoms with Crippen molar-refractivity contribution in [2.45, 2.75) is 6.04 Å². The van der Waals surface area contributed by atoms with Crippen molar-refractivity contribution in [3.8, 4) is 0 Å². The van der Waals surface area contributed by atoms with Crippen molar-refractivity contribution in [3.05, 3.63) is 65.7 Å². The Morgan fingerprint density at radius 3 is 2.67 bits per heavy atom. The number of rotatable bonds is 5. The maximum absolute atomic E-state index is 13.6. The molecule has 0 radical (unpaired) electrons. The molecule has 0 aliphatic heterocycles. The largest absolute Gasteiger partial charge is 0.344 e. The molecule has 0 spiro atoms. The van der Waals surface area contributed by atoms with Gasteiger partial charge < -0.3 is 5.32 Å². The number of pyridine rings is 1. The van der Waals surface area contributed by atoms with Crippen LogP contribution in [-0.2, 0) is 10.8 Å². The highest BCUT2D eigenvalue weighted by Gasteiger charge is 2.19. The number of carbonyl (C=O) groups is 1. The van der Waals surface area contributed by atoms with E-state index in [0.717, 1.165) is 11.8 Å². The fourth-order valence-corrected chi connectivity index (χ4v) is 2.68. The van der Waals surface area contributed by atoms with E-state index in [1.54, 1.807) is 6.26 Å². The van der Waals surface area contributed by atoms with Gasteiger partial charge in [0.05, 0.1) is 17.8 Å². The van der Waals surface area contributed by atoms with Gasteiger partial charge in [-0.2, -0.15) is 0 Å². The molecule has 2 atom stereocenters. The monoisotopic (exact) mass is 306 g/mol. The molecule has 1 aromatic carbocycles. The van der Waals surface area contributed by atoms with E-state index >= 15 is 0 Å². The van der Waals surface area contributed by atoms with E-state index in [9.17, 15) is 13.4 Å². The molecular weight excluding hydrogens is 291 g/mol. The van der Waals surface area contributed by atoms with Gasteiger partial charge in [-0.15, -0.1) is 0 Å². The van der Waals surface area contributed by atoms with Gasteiger partial charge in [-0.1, -0.05) is 30.3 Å². The molecule has 2 rings (SSSR count). The molecular formula is C15H15FN2O2S. The topological polar surface area (TPSA) is 59.1 Å². The Hall–Kier alpha value is -2.08. The number of nitrogens with zero attached hydrogens (tertiary/aromatic N) is 1. The zero-order valence-corrected chi connectivity index (χ0v) is 12.3. The van der Waals surface area contributed by atoms with Crippen LogP contribution in [0, 0.1) is 5.82 Å². The number of hydrogen-bond acceptors (Lipinski definition) is 3. The summed E-state index contributed by atoms with van der Waals surface area (Å²) in [5.74, 6) is -0.962. The molecule has 0 aliphatic rings. The quantitative estimate of drug-likeness (QED) is 0.920. The SMILES string of the molecule is C[S@](=O)C[C@@H](NC(=O)c1ccncc1F)c1ccccc1. The van der Waals surface area contributed by atoms with Gasteiger partial charge in [0.25, 0.3) is 5.91 Å². The van der Waals surface area contributed by atoms with Crippen LogP contribution in [0.15, 0.2) is 48.8 Å². The van der Waals surface area contributed by atoms with E-state index in [1.165, 1.54) is 12.3 Å². The van der Waals surface area contributed by atoms with E-state index in [-0.39, 0.29) is 11.3 Å². The van der Waals surface area contributed by atoms with Crippen LogP contribution in [0.2, 0.25) is 0 Å². The predicted molar refractivity (Wildman–Crippen MR) is 79.8 cm³/mol. The van der Waals surface area contributed by atoms with Crippen molar-refractivity contribution in [3.63, 3.8) is 0 Å². The summed E-state index contributed by atoms with van der Waals surface area (Å²) in [6.07, 6.45) is 3.91. The van der Waals surface area contributed by atoms with Crippen molar-refractivity contribution in [1.29, 1.82) is 0 Å². The molecule has 1 N–H and O–H groups in total. The average Bonchev–Trinajstić information content (AvgIpc) is 2.47. The molecule has 0 fully saturated rings. The molecule has 0 bridgehead atoms. The van der Waals surface area contributed by atoms with Crippen LogP contribution in [-0.4, -0.2) is 27.1 Å². The molecule has 0 aliphatic carbocycles. The number of nitrogens with one attached hydrogen (secondary N) is 1. The van der Waals surface area contributed by atoms with Crippen LogP contribution < -0.4 is 5.32 Å². The molecule has 0 saturated heterocycles. The summed E-state index contributed by atoms with van der Waals surface area (Å²) < 4.78 is 25.1. The van der Waals surface area contributed by atoms with Crippen molar-refractivity contribution in [1.82, 2.24) is 10.3 Å². The minimum Gasteiger partial charge on any atom is -0.344 e. The zero-order valence-electron chi connectivity index (χ0n) is 11.5. The Labute approximate surface area is 124 Å². The fraction of sp³-hybridized carbons (Fsp3) is 0.200. The normalized spacial score (nSPS) is 13.4. The predicted octanol–water partition coefficient (Wildman–Crippen LogP) is 2.07. The summed E-state index contributed by atoms with van der Waals surface area (Å²) in [5, 5.41) is 2.72. The maximum atomic E-state index is 13.6. The van der Waals surface area contributed by atoms with E-state index < -0.39 is 28.6 Å². The summed E-state index contributed by atoms with van der Waals surface area (Å²) in [7, 11) is -1.10. The van der Waals surface area contributed by atoms with Crippen LogP contribution in [0.25, 0.3) is 0 Å². The lowest BCUT2D eigenvalue weighted by molar-refractivity contribution is 0.0936. The molecule has 1 heterocycles. The second-order valence-corrected chi connectivity index (χ2v) is 6.01. The molecule has 2 aromatic rings. The number of amides is 1. The van der Waals surface area contributed by atoms with Gasteiger partial charge in [0.1, 0.15) is 0 Å². The Morgan fingerprint density at radius 1 is 1.33 bits per heavy atom. The van der Waals surface area contributed by atoms with E-state index in [2.05, 4.69) is 10.3 Å². The van der Waals surface area contributed by atoms with Gasteiger partial charge in [-0.25, -0.2) is 4.39 Å². The van der Waals surface area contributed by atoms with Crippen LogP contribution in [0.1, 0.15) is 22.0 Å². The van der Waals surface area contributed by atoms with E-state index in [4.69, 9.17) is 0 Å². The van der Waals surface area contributed by atoms with Crippen LogP contribution in [0.4, 0.5) is 4.39 Å². The molecule has 6 heteroatoms. The maximum Gasteiger partial charge on any atom is 0.254 e. The first kappa shape index (κ1) is 15.3. The third kappa shape index (κ3) is 4.19. The van der Waals surface area contributed by atoms with Gasteiger partial charge in [-0.05, 0) is 11.6 Å². The first-order chi connectivity index (χ1) is 10.1. The van der Waals surface area contributed by atoms with Crippen LogP contribution >= 0.6 is 0 Å². The highest BCUT2D eigenvalue weighted by atomic mass is 32.2. The summed E-state index contributed by atoms with van der Waals surface area (Å²) in [4.78, 5) is 15.8. The van der Waals surface area contributed by atoms with Crippen molar-refractivity contribution >= 4 is 16.7 Å². The highest BCUT2D eigenvalue weighted by molar-refractivity contribution is 7.84. The molecule has 110 valence electrons. The molecule has 0 saturated carbocycles. The first-order valence-electron chi connectivity index (χ1n) is 6.33. The van der Waals surface area contributed by atoms with Crippen LogP contribution in [0.3, 0.4) is 0 Å². The minimum atomic E-state index is -1.10. The van der Waals surface area contributed by atoms with Gasteiger partial charge in [0.15, 0.2) is 5.82 Å². The Balaban J connectivity index is 2.21. The summed E-state index contributed by atoms with van der Waals surface area (Å²) in [6, 6.07) is 10.1. The Kier molecular flexibility index (Phi) is 5.16. The smallest absolute Gasteiger partial charge is 0.254 e. The third-order valence-corrected chi connectivity index (χ3v) is 3.73. The number of aromatic nitrogens is 1. The Morgan fingerprint density at radius 2 is 2.05 bits per heavy atom. The number of carbonyl (C=O) groups excluding carboxylic acids is 1. The standard InChI is InChI=1S/C15H15FN2O2S/c1-21(20)10-14(11-5-3-2-4-6-11)18-15(19)12-7-8-17-9-13(12)16/h2-9,14H,10H2,1H3,(H,18,19)/t14-,21+/m1/s1. The summed E-state index contributed by atoms with van der Waals surface area (Å²) in [6.45, 7) is 0. The summed E-state index contributed by atoms with van der Waals surface area (Å²) >= 11 is 0. The number of benzene rings is 1. The zero-order chi connectivity index (χ0) is 15.2. The van der Waals surface area contributed by atoms with Crippen molar-refractivity contribution < 1.29 is 13.4 Å². The summed E-state index contributed by atoms with van der Waals surface area (Å²) in [5.41, 5.74) is 0.753. The molecule has 1 aromatic heterocycles. The second kappa shape index (κ2) is 7.08. The number of halogens is 1. The average molecular weight is 306 g/mol. The lowest BCUT2D eigenvalue weighted by Crippen LogP contribution is -2.32. The van der Waals surface area contributed by atoms with Gasteiger partial charge in [-0.3, -0.25) is 14.0 Å². The second-order valence-electron chi connectivity index (χ2n) is 4.53. The van der Waals surface area contributed by atoms with Crippen molar-refractivity contribution in [2.24, 2.45) is 0 Å². The highest BCUT2D eigenvalue weighted by Crippen LogP contribution is 2.15. The third-order valence-electron chi connectivity index (χ3n) is 2.93. The lowest BCUT2D eigenvalue weighted by atomic mass is 10.1. The molecule has 21 heavy (non-hydrogen) atoms. The molecule has 0 unspecified atom stereocenters. The van der Waals surface area contributed by atoms with Gasteiger partial charge in [0, 0.05) is 29.0 Å². The van der Waals surface area contributed by atoms with E-state index in [1.807, 2.05) is 30.3 Å². The first-order valence-corrected chi connectivity index (χ1v) is 8.06. The minimum absolute atomic E-state index is 0.0761. The van der Waals surface area contributed by atoms with Gasteiger partial charge in [0.2, 0.25) is 0 Å². The molecule has 4 nitrogen and oxygen atoms in total. The number of hydrogen-bond donors (Lipinski definition) is 1. The lowest BCUT2D eigenvalue weighted by Gasteiger charge is -2.18. The van der Waals surface area contributed by atoms with Gasteiger partial charge >= 0.3 is 0 Å². The van der Waals surface area contributed by atoms with E-state index in [0.29, 0.717) is 0 Å². The van der Waals surface area contributed by atoms with Crippen molar-refractivity contribution in [2.75, 3.05) is 12.0 Å². The Bertz CT molecular complexity index is 649. The van der Waals surface area contributed by atoms with Crippen LogP contribution in [0.5, 0.6) is 0 Å². The molecule has 1 amide bonds.